The lowest BCUT2D eigenvalue weighted by atomic mass is 10.2. The fraction of sp³-hybridized carbons (Fsp3) is 0.290. The number of carbonyl (C=O) groups is 2. The molecular formula is C31H30Cl4N2O4S2. The second-order valence-corrected chi connectivity index (χ2v) is 13.7. The number of carboxylic acids is 1. The first kappa shape index (κ1) is 33.7. The number of nitrogens with one attached hydrogen (secondary N) is 1. The van der Waals surface area contributed by atoms with Crippen LogP contribution in [0.15, 0.2) is 60.7 Å². The lowest BCUT2D eigenvalue weighted by molar-refractivity contribution is -0.136. The lowest BCUT2D eigenvalue weighted by Crippen LogP contribution is -2.38. The lowest BCUT2D eigenvalue weighted by Gasteiger charge is -2.26. The zero-order valence-electron chi connectivity index (χ0n) is 23.1. The van der Waals surface area contributed by atoms with Crippen molar-refractivity contribution in [1.29, 1.82) is 0 Å². The Hall–Kier alpha value is -2.14. The van der Waals surface area contributed by atoms with Crippen molar-refractivity contribution in [3.05, 3.63) is 90.5 Å². The molecule has 12 heteroatoms. The highest BCUT2D eigenvalue weighted by Crippen LogP contribution is 2.36. The quantitative estimate of drug-likeness (QED) is 0.163. The van der Waals surface area contributed by atoms with E-state index in [2.05, 4.69) is 10.2 Å². The summed E-state index contributed by atoms with van der Waals surface area (Å²) in [6, 6.07) is 18.4. The highest BCUT2D eigenvalue weighted by molar-refractivity contribution is 7.16. The van der Waals surface area contributed by atoms with E-state index in [4.69, 9.17) is 56.2 Å². The van der Waals surface area contributed by atoms with Gasteiger partial charge in [-0.1, -0.05) is 58.5 Å². The third-order valence-corrected chi connectivity index (χ3v) is 9.79. The summed E-state index contributed by atoms with van der Waals surface area (Å²) >= 11 is 27.1. The SMILES string of the molecule is O=C(Cc1ccc(-c2ccc(Cl)cc2Cl)s1)NCCCN1CCOCC1.O=C(O)Cc1ccc(-c2ccc(Cl)cc2Cl)s1. The van der Waals surface area contributed by atoms with Crippen LogP contribution in [0.1, 0.15) is 16.2 Å². The van der Waals surface area contributed by atoms with Crippen molar-refractivity contribution >= 4 is 81.0 Å². The molecule has 2 N–H and O–H groups in total. The molecule has 0 atom stereocenters. The Kier molecular flexibility index (Phi) is 13.2. The molecule has 0 aliphatic carbocycles. The minimum atomic E-state index is -0.833. The Labute approximate surface area is 279 Å². The molecule has 1 aliphatic heterocycles. The largest absolute Gasteiger partial charge is 0.481 e. The molecule has 1 amide bonds. The molecule has 3 heterocycles. The van der Waals surface area contributed by atoms with Crippen LogP contribution in [0, 0.1) is 0 Å². The van der Waals surface area contributed by atoms with E-state index in [1.807, 2.05) is 36.4 Å². The van der Waals surface area contributed by atoms with Crippen molar-refractivity contribution in [3.63, 3.8) is 0 Å². The number of aliphatic carboxylic acids is 1. The summed E-state index contributed by atoms with van der Waals surface area (Å²) in [7, 11) is 0. The van der Waals surface area contributed by atoms with Crippen LogP contribution in [0.2, 0.25) is 20.1 Å². The van der Waals surface area contributed by atoms with Crippen molar-refractivity contribution in [2.75, 3.05) is 39.4 Å². The van der Waals surface area contributed by atoms with E-state index in [9.17, 15) is 9.59 Å². The molecule has 1 fully saturated rings. The van der Waals surface area contributed by atoms with Gasteiger partial charge in [0, 0.05) is 60.3 Å². The summed E-state index contributed by atoms with van der Waals surface area (Å²) in [5, 5.41) is 14.1. The summed E-state index contributed by atoms with van der Waals surface area (Å²) in [5.41, 5.74) is 1.82. The number of carbonyl (C=O) groups excluding carboxylic acids is 1. The first-order valence-corrected chi connectivity index (χ1v) is 16.7. The second-order valence-electron chi connectivity index (χ2n) is 9.69. The molecule has 228 valence electrons. The first-order valence-electron chi connectivity index (χ1n) is 13.5. The van der Waals surface area contributed by atoms with Gasteiger partial charge in [0.05, 0.1) is 36.1 Å². The van der Waals surface area contributed by atoms with E-state index in [0.29, 0.717) is 33.1 Å². The Bertz CT molecular complexity index is 1540. The van der Waals surface area contributed by atoms with Gasteiger partial charge in [0.25, 0.3) is 0 Å². The van der Waals surface area contributed by atoms with Crippen LogP contribution in [0.3, 0.4) is 0 Å². The summed E-state index contributed by atoms with van der Waals surface area (Å²) in [5.74, 6) is -0.775. The predicted molar refractivity (Wildman–Crippen MR) is 179 cm³/mol. The molecule has 0 saturated carbocycles. The van der Waals surface area contributed by atoms with Gasteiger partial charge in [-0.25, -0.2) is 0 Å². The number of ether oxygens (including phenoxy) is 1. The van der Waals surface area contributed by atoms with E-state index in [1.165, 1.54) is 11.3 Å². The molecule has 2 aromatic carbocycles. The molecule has 0 spiro atoms. The maximum Gasteiger partial charge on any atom is 0.308 e. The van der Waals surface area contributed by atoms with Crippen molar-refractivity contribution < 1.29 is 19.4 Å². The fourth-order valence-corrected chi connectivity index (χ4v) is 7.56. The van der Waals surface area contributed by atoms with E-state index in [0.717, 1.165) is 69.9 Å². The molecule has 2 aromatic heterocycles. The smallest absolute Gasteiger partial charge is 0.308 e. The molecule has 5 rings (SSSR count). The van der Waals surface area contributed by atoms with E-state index in [-0.39, 0.29) is 12.3 Å². The number of rotatable bonds is 10. The van der Waals surface area contributed by atoms with Gasteiger partial charge in [-0.05, 0) is 61.5 Å². The molecule has 43 heavy (non-hydrogen) atoms. The summed E-state index contributed by atoms with van der Waals surface area (Å²) in [6.45, 7) is 5.30. The van der Waals surface area contributed by atoms with Crippen molar-refractivity contribution in [3.8, 4) is 20.9 Å². The van der Waals surface area contributed by atoms with Crippen LogP contribution in [-0.2, 0) is 27.2 Å². The topological polar surface area (TPSA) is 78.9 Å². The highest BCUT2D eigenvalue weighted by atomic mass is 35.5. The molecule has 1 saturated heterocycles. The molecule has 1 aliphatic rings. The van der Waals surface area contributed by atoms with Crippen molar-refractivity contribution in [2.45, 2.75) is 19.3 Å². The summed E-state index contributed by atoms with van der Waals surface area (Å²) < 4.78 is 5.33. The number of hydrogen-bond acceptors (Lipinski definition) is 6. The maximum absolute atomic E-state index is 12.1. The molecule has 0 bridgehead atoms. The Balaban J connectivity index is 0.000000215. The van der Waals surface area contributed by atoms with Crippen LogP contribution < -0.4 is 5.32 Å². The van der Waals surface area contributed by atoms with E-state index in [1.54, 1.807) is 35.6 Å². The second kappa shape index (κ2) is 16.8. The third-order valence-electron chi connectivity index (χ3n) is 6.45. The van der Waals surface area contributed by atoms with Gasteiger partial charge in [-0.2, -0.15) is 0 Å². The Morgan fingerprint density at radius 3 is 1.84 bits per heavy atom. The number of amides is 1. The highest BCUT2D eigenvalue weighted by Gasteiger charge is 2.12. The van der Waals surface area contributed by atoms with Gasteiger partial charge in [-0.15, -0.1) is 22.7 Å². The fourth-order valence-electron chi connectivity index (χ4n) is 4.34. The minimum absolute atomic E-state index is 0.0376. The first-order chi connectivity index (χ1) is 20.7. The number of benzene rings is 2. The van der Waals surface area contributed by atoms with Crippen LogP contribution in [0.25, 0.3) is 20.9 Å². The van der Waals surface area contributed by atoms with Crippen LogP contribution >= 0.6 is 69.1 Å². The molecule has 4 aromatic rings. The normalized spacial score (nSPS) is 13.3. The van der Waals surface area contributed by atoms with Crippen molar-refractivity contribution in [2.24, 2.45) is 0 Å². The van der Waals surface area contributed by atoms with E-state index < -0.39 is 5.97 Å². The number of hydrogen-bond donors (Lipinski definition) is 2. The standard InChI is InChI=1S/C19H22Cl2N2O2S.C12H8Cl2O2S/c20-14-2-4-16(17(21)12-14)18-5-3-15(26-18)13-19(24)22-6-1-7-23-8-10-25-11-9-23;13-7-1-3-9(10(14)5-7)11-4-2-8(17-11)6-12(15)16/h2-5,12H,1,6-11,13H2,(H,22,24);1-5H,6H2,(H,15,16). The number of morpholine rings is 1. The Morgan fingerprint density at radius 1 is 0.791 bits per heavy atom. The predicted octanol–water partition coefficient (Wildman–Crippen LogP) is 8.45. The monoisotopic (exact) mass is 698 g/mol. The molecule has 6 nitrogen and oxygen atoms in total. The average Bonchev–Trinajstić information content (AvgIpc) is 3.61. The van der Waals surface area contributed by atoms with Crippen LogP contribution in [0.5, 0.6) is 0 Å². The average molecular weight is 701 g/mol. The Morgan fingerprint density at radius 2 is 1.33 bits per heavy atom. The third kappa shape index (κ3) is 10.8. The van der Waals surface area contributed by atoms with E-state index >= 15 is 0 Å². The molecular weight excluding hydrogens is 670 g/mol. The molecule has 0 radical (unpaired) electrons. The number of thiophene rings is 2. The van der Waals surface area contributed by atoms with Crippen LogP contribution in [0.4, 0.5) is 0 Å². The van der Waals surface area contributed by atoms with Crippen molar-refractivity contribution in [1.82, 2.24) is 10.2 Å². The number of halogens is 4. The van der Waals surface area contributed by atoms with Gasteiger partial charge in [0.1, 0.15) is 0 Å². The zero-order chi connectivity index (χ0) is 30.8. The zero-order valence-corrected chi connectivity index (χ0v) is 27.7. The van der Waals surface area contributed by atoms with Gasteiger partial charge < -0.3 is 15.2 Å². The summed E-state index contributed by atoms with van der Waals surface area (Å²) in [6.07, 6.45) is 1.39. The molecule has 0 unspecified atom stereocenters. The van der Waals surface area contributed by atoms with Gasteiger partial charge in [0.2, 0.25) is 5.91 Å². The van der Waals surface area contributed by atoms with Gasteiger partial charge >= 0.3 is 5.97 Å². The maximum atomic E-state index is 12.1. The summed E-state index contributed by atoms with van der Waals surface area (Å²) in [4.78, 5) is 28.9. The van der Waals surface area contributed by atoms with Gasteiger partial charge in [-0.3, -0.25) is 14.5 Å². The minimum Gasteiger partial charge on any atom is -0.481 e. The van der Waals surface area contributed by atoms with Crippen LogP contribution in [-0.4, -0.2) is 61.3 Å². The number of carboxylic acid groups (broad SMARTS) is 1. The van der Waals surface area contributed by atoms with Gasteiger partial charge in [0.15, 0.2) is 0 Å². The number of nitrogens with zero attached hydrogens (tertiary/aromatic N) is 1.